The van der Waals surface area contributed by atoms with E-state index in [1.54, 1.807) is 19.9 Å². The number of thiophene rings is 1. The molecule has 1 heterocycles. The third kappa shape index (κ3) is 1.65. The number of halogens is 1. The number of hydrogen-bond donors (Lipinski definition) is 1. The molecule has 0 spiro atoms. The maximum Gasteiger partial charge on any atom is 0.123 e. The lowest BCUT2D eigenvalue weighted by atomic mass is 10.1. The quantitative estimate of drug-likeness (QED) is 0.766. The van der Waals surface area contributed by atoms with Crippen LogP contribution in [-0.4, -0.2) is 5.11 Å². The van der Waals surface area contributed by atoms with Gasteiger partial charge >= 0.3 is 0 Å². The van der Waals surface area contributed by atoms with Gasteiger partial charge in [-0.3, -0.25) is 0 Å². The minimum atomic E-state index is -0.847. The third-order valence-corrected chi connectivity index (χ3v) is 3.51. The maximum atomic E-state index is 12.9. The SMILES string of the molecule is CC(C)(O)c1cc2cc(F)ccc2s1. The molecule has 0 bridgehead atoms. The Labute approximate surface area is 85.8 Å². The van der Waals surface area contributed by atoms with Crippen LogP contribution >= 0.6 is 11.3 Å². The van der Waals surface area contributed by atoms with E-state index in [1.165, 1.54) is 23.5 Å². The Morgan fingerprint density at radius 3 is 2.64 bits per heavy atom. The molecule has 1 aromatic heterocycles. The predicted octanol–water partition coefficient (Wildman–Crippen LogP) is 3.27. The zero-order valence-corrected chi connectivity index (χ0v) is 8.86. The highest BCUT2D eigenvalue weighted by Gasteiger charge is 2.18. The molecule has 14 heavy (non-hydrogen) atoms. The van der Waals surface area contributed by atoms with Crippen LogP contribution in [0.1, 0.15) is 18.7 Å². The minimum absolute atomic E-state index is 0.238. The first-order valence-corrected chi connectivity index (χ1v) is 5.20. The molecule has 0 saturated carbocycles. The molecule has 1 aromatic carbocycles. The van der Waals surface area contributed by atoms with E-state index in [4.69, 9.17) is 0 Å². The molecule has 0 radical (unpaired) electrons. The van der Waals surface area contributed by atoms with Crippen molar-refractivity contribution in [3.8, 4) is 0 Å². The molecule has 0 aliphatic heterocycles. The normalized spacial score (nSPS) is 12.3. The first-order valence-electron chi connectivity index (χ1n) is 4.39. The Morgan fingerprint density at radius 2 is 2.00 bits per heavy atom. The summed E-state index contributed by atoms with van der Waals surface area (Å²) in [4.78, 5) is 0.859. The van der Waals surface area contributed by atoms with Crippen LogP contribution in [0.2, 0.25) is 0 Å². The molecule has 0 atom stereocenters. The topological polar surface area (TPSA) is 20.2 Å². The first-order chi connectivity index (χ1) is 6.47. The molecule has 2 rings (SSSR count). The van der Waals surface area contributed by atoms with Crippen molar-refractivity contribution in [1.82, 2.24) is 0 Å². The van der Waals surface area contributed by atoms with Gasteiger partial charge in [0, 0.05) is 9.58 Å². The van der Waals surface area contributed by atoms with Gasteiger partial charge < -0.3 is 5.11 Å². The van der Waals surface area contributed by atoms with Crippen LogP contribution in [0, 0.1) is 5.82 Å². The number of rotatable bonds is 1. The van der Waals surface area contributed by atoms with Gasteiger partial charge in [-0.2, -0.15) is 0 Å². The fourth-order valence-electron chi connectivity index (χ4n) is 1.32. The second-order valence-corrected chi connectivity index (χ2v) is 4.94. The molecule has 3 heteroatoms. The van der Waals surface area contributed by atoms with Crippen LogP contribution in [0.3, 0.4) is 0 Å². The first kappa shape index (κ1) is 9.62. The van der Waals surface area contributed by atoms with E-state index >= 15 is 0 Å². The van der Waals surface area contributed by atoms with E-state index < -0.39 is 5.60 Å². The molecule has 1 nitrogen and oxygen atoms in total. The van der Waals surface area contributed by atoms with E-state index in [1.807, 2.05) is 6.07 Å². The van der Waals surface area contributed by atoms with E-state index in [2.05, 4.69) is 0 Å². The zero-order chi connectivity index (χ0) is 10.3. The van der Waals surface area contributed by atoms with Crippen molar-refractivity contribution in [2.45, 2.75) is 19.4 Å². The summed E-state index contributed by atoms with van der Waals surface area (Å²) >= 11 is 1.50. The Morgan fingerprint density at radius 1 is 1.29 bits per heavy atom. The lowest BCUT2D eigenvalue weighted by molar-refractivity contribution is 0.0826. The van der Waals surface area contributed by atoms with Crippen molar-refractivity contribution in [2.75, 3.05) is 0 Å². The van der Waals surface area contributed by atoms with Crippen LogP contribution < -0.4 is 0 Å². The Hall–Kier alpha value is -0.930. The molecule has 0 amide bonds. The van der Waals surface area contributed by atoms with Crippen molar-refractivity contribution < 1.29 is 9.50 Å². The summed E-state index contributed by atoms with van der Waals surface area (Å²) in [7, 11) is 0. The number of aliphatic hydroxyl groups is 1. The second kappa shape index (κ2) is 3.04. The van der Waals surface area contributed by atoms with Gasteiger partial charge in [-0.25, -0.2) is 4.39 Å². The molecule has 0 unspecified atom stereocenters. The fraction of sp³-hybridized carbons (Fsp3) is 0.273. The summed E-state index contributed by atoms with van der Waals surface area (Å²) in [5.74, 6) is -0.238. The molecular weight excluding hydrogens is 199 g/mol. The van der Waals surface area contributed by atoms with Gasteiger partial charge in [-0.05, 0) is 43.5 Å². The van der Waals surface area contributed by atoms with Gasteiger partial charge in [0.15, 0.2) is 0 Å². The highest BCUT2D eigenvalue weighted by Crippen LogP contribution is 2.33. The van der Waals surface area contributed by atoms with Crippen LogP contribution in [0.15, 0.2) is 24.3 Å². The highest BCUT2D eigenvalue weighted by atomic mass is 32.1. The van der Waals surface area contributed by atoms with Gasteiger partial charge in [0.1, 0.15) is 5.82 Å². The van der Waals surface area contributed by atoms with Crippen molar-refractivity contribution in [2.24, 2.45) is 0 Å². The molecule has 0 aliphatic rings. The number of benzene rings is 1. The van der Waals surface area contributed by atoms with Crippen molar-refractivity contribution in [1.29, 1.82) is 0 Å². The standard InChI is InChI=1S/C11H11FOS/c1-11(2,13)10-6-7-5-8(12)3-4-9(7)14-10/h3-6,13H,1-2H3. The smallest absolute Gasteiger partial charge is 0.123 e. The Kier molecular flexibility index (Phi) is 2.09. The molecule has 0 aliphatic carbocycles. The van der Waals surface area contributed by atoms with Gasteiger partial charge in [0.05, 0.1) is 5.60 Å². The third-order valence-electron chi connectivity index (χ3n) is 2.08. The van der Waals surface area contributed by atoms with Crippen LogP contribution in [0.25, 0.3) is 10.1 Å². The molecule has 0 saturated heterocycles. The predicted molar refractivity (Wildman–Crippen MR) is 57.0 cm³/mol. The van der Waals surface area contributed by atoms with E-state index in [0.717, 1.165) is 15.0 Å². The summed E-state index contributed by atoms with van der Waals surface area (Å²) in [6, 6.07) is 6.50. The molecule has 1 N–H and O–H groups in total. The maximum absolute atomic E-state index is 12.9. The fourth-order valence-corrected chi connectivity index (χ4v) is 2.36. The Balaban J connectivity index is 2.63. The number of fused-ring (bicyclic) bond motifs is 1. The van der Waals surface area contributed by atoms with Crippen LogP contribution in [0.4, 0.5) is 4.39 Å². The average Bonchev–Trinajstić information content (AvgIpc) is 2.45. The van der Waals surface area contributed by atoms with Crippen molar-refractivity contribution in [3.63, 3.8) is 0 Å². The largest absolute Gasteiger partial charge is 0.385 e. The molecule has 0 fully saturated rings. The van der Waals surface area contributed by atoms with Crippen molar-refractivity contribution in [3.05, 3.63) is 35.0 Å². The van der Waals surface area contributed by atoms with Gasteiger partial charge in [0.2, 0.25) is 0 Å². The van der Waals surface area contributed by atoms with Crippen LogP contribution in [0.5, 0.6) is 0 Å². The minimum Gasteiger partial charge on any atom is -0.385 e. The summed E-state index contributed by atoms with van der Waals surface area (Å²) < 4.78 is 13.9. The summed E-state index contributed by atoms with van der Waals surface area (Å²) in [5, 5.41) is 10.6. The molecule has 74 valence electrons. The molecular formula is C11H11FOS. The van der Waals surface area contributed by atoms with E-state index in [0.29, 0.717) is 0 Å². The lowest BCUT2D eigenvalue weighted by Gasteiger charge is -2.13. The zero-order valence-electron chi connectivity index (χ0n) is 8.04. The summed E-state index contributed by atoms with van der Waals surface area (Å²) in [6.45, 7) is 3.46. The summed E-state index contributed by atoms with van der Waals surface area (Å²) in [5.41, 5.74) is -0.847. The Bertz CT molecular complexity index is 468. The average molecular weight is 210 g/mol. The van der Waals surface area contributed by atoms with Crippen molar-refractivity contribution >= 4 is 21.4 Å². The van der Waals surface area contributed by atoms with Gasteiger partial charge in [0.25, 0.3) is 0 Å². The second-order valence-electron chi connectivity index (χ2n) is 3.85. The lowest BCUT2D eigenvalue weighted by Crippen LogP contribution is -2.12. The van der Waals surface area contributed by atoms with Gasteiger partial charge in [-0.15, -0.1) is 11.3 Å². The molecule has 2 aromatic rings. The number of hydrogen-bond acceptors (Lipinski definition) is 2. The van der Waals surface area contributed by atoms with E-state index in [9.17, 15) is 9.50 Å². The summed E-state index contributed by atoms with van der Waals surface area (Å²) in [6.07, 6.45) is 0. The van der Waals surface area contributed by atoms with Gasteiger partial charge in [-0.1, -0.05) is 0 Å². The van der Waals surface area contributed by atoms with Crippen LogP contribution in [-0.2, 0) is 5.60 Å². The highest BCUT2D eigenvalue weighted by molar-refractivity contribution is 7.19. The monoisotopic (exact) mass is 210 g/mol. The van der Waals surface area contributed by atoms with E-state index in [-0.39, 0.29) is 5.82 Å².